The zero-order valence-corrected chi connectivity index (χ0v) is 11.4. The number of aryl methyl sites for hydroxylation is 1. The Bertz CT molecular complexity index is 373. The zero-order valence-electron chi connectivity index (χ0n) is 10.6. The van der Waals surface area contributed by atoms with Gasteiger partial charge in [0.05, 0.1) is 5.56 Å². The molecule has 0 heterocycles. The molecule has 94 valence electrons. The van der Waals surface area contributed by atoms with Crippen molar-refractivity contribution in [3.05, 3.63) is 29.3 Å². The van der Waals surface area contributed by atoms with Gasteiger partial charge in [-0.1, -0.05) is 19.1 Å². The van der Waals surface area contributed by atoms with Crippen molar-refractivity contribution in [2.24, 2.45) is 0 Å². The number of hydrogen-bond acceptors (Lipinski definition) is 3. The molecule has 1 aromatic carbocycles. The van der Waals surface area contributed by atoms with Gasteiger partial charge in [0.2, 0.25) is 0 Å². The smallest absolute Gasteiger partial charge is 0.253 e. The minimum absolute atomic E-state index is 0.0789. The highest BCUT2D eigenvalue weighted by molar-refractivity contribution is 7.99. The number of benzene rings is 1. The van der Waals surface area contributed by atoms with Crippen molar-refractivity contribution >= 4 is 23.4 Å². The molecule has 3 nitrogen and oxygen atoms in total. The molecule has 1 aromatic rings. The molecule has 0 spiro atoms. The number of nitrogen functional groups attached to an aromatic ring is 1. The molecule has 1 rings (SSSR count). The Kier molecular flexibility index (Phi) is 5.35. The average molecular weight is 252 g/mol. The first-order chi connectivity index (χ1) is 8.06. The van der Waals surface area contributed by atoms with E-state index in [1.807, 2.05) is 37.7 Å². The minimum Gasteiger partial charge on any atom is -0.398 e. The fraction of sp³-hybridized carbons (Fsp3) is 0.462. The highest BCUT2D eigenvalue weighted by Gasteiger charge is 2.14. The highest BCUT2D eigenvalue weighted by Crippen LogP contribution is 2.16. The third-order valence-corrected chi connectivity index (χ3v) is 3.63. The van der Waals surface area contributed by atoms with Gasteiger partial charge in [-0.3, -0.25) is 4.79 Å². The van der Waals surface area contributed by atoms with Gasteiger partial charge in [0.15, 0.2) is 0 Å². The number of anilines is 1. The van der Waals surface area contributed by atoms with Crippen molar-refractivity contribution in [3.63, 3.8) is 0 Å². The van der Waals surface area contributed by atoms with Crippen LogP contribution in [-0.2, 0) is 0 Å². The summed E-state index contributed by atoms with van der Waals surface area (Å²) in [7, 11) is 0. The number of nitrogens with two attached hydrogens (primary N) is 1. The second-order valence-electron chi connectivity index (χ2n) is 4.07. The Labute approximate surface area is 107 Å². The van der Waals surface area contributed by atoms with Crippen molar-refractivity contribution in [3.8, 4) is 0 Å². The molecule has 0 aliphatic rings. The van der Waals surface area contributed by atoms with E-state index in [0.29, 0.717) is 11.3 Å². The predicted molar refractivity (Wildman–Crippen MR) is 75.5 cm³/mol. The Morgan fingerprint density at radius 3 is 2.82 bits per heavy atom. The van der Waals surface area contributed by atoms with Gasteiger partial charge in [-0.05, 0) is 31.2 Å². The lowest BCUT2D eigenvalue weighted by molar-refractivity contribution is 0.0944. The molecular formula is C13H20N2OS. The van der Waals surface area contributed by atoms with E-state index >= 15 is 0 Å². The number of amides is 1. The van der Waals surface area contributed by atoms with Crippen LogP contribution in [0.4, 0.5) is 5.69 Å². The highest BCUT2D eigenvalue weighted by atomic mass is 32.2. The average Bonchev–Trinajstić information content (AvgIpc) is 2.26. The molecule has 0 fully saturated rings. The third kappa shape index (κ3) is 3.97. The predicted octanol–water partition coefficient (Wildman–Crippen LogP) is 2.45. The molecule has 1 unspecified atom stereocenters. The molecule has 17 heavy (non-hydrogen) atoms. The van der Waals surface area contributed by atoms with Crippen LogP contribution in [0.2, 0.25) is 0 Å². The second kappa shape index (κ2) is 6.55. The molecule has 0 bridgehead atoms. The lowest BCUT2D eigenvalue weighted by Crippen LogP contribution is -2.35. The summed E-state index contributed by atoms with van der Waals surface area (Å²) >= 11 is 1.82. The van der Waals surface area contributed by atoms with E-state index in [0.717, 1.165) is 17.1 Å². The topological polar surface area (TPSA) is 55.1 Å². The summed E-state index contributed by atoms with van der Waals surface area (Å²) in [6.07, 6.45) is 0. The normalized spacial score (nSPS) is 12.2. The Morgan fingerprint density at radius 1 is 1.53 bits per heavy atom. The van der Waals surface area contributed by atoms with E-state index in [1.54, 1.807) is 6.07 Å². The molecule has 0 saturated heterocycles. The van der Waals surface area contributed by atoms with Gasteiger partial charge in [-0.25, -0.2) is 0 Å². The summed E-state index contributed by atoms with van der Waals surface area (Å²) < 4.78 is 0. The molecule has 0 aliphatic heterocycles. The summed E-state index contributed by atoms with van der Waals surface area (Å²) in [4.78, 5) is 12.1. The van der Waals surface area contributed by atoms with E-state index in [1.165, 1.54) is 0 Å². The van der Waals surface area contributed by atoms with E-state index in [9.17, 15) is 4.79 Å². The van der Waals surface area contributed by atoms with Crippen LogP contribution < -0.4 is 11.1 Å². The van der Waals surface area contributed by atoms with Crippen LogP contribution in [0.15, 0.2) is 18.2 Å². The molecule has 3 N–H and O–H groups in total. The van der Waals surface area contributed by atoms with Crippen LogP contribution in [-0.4, -0.2) is 23.5 Å². The Morgan fingerprint density at radius 2 is 2.24 bits per heavy atom. The van der Waals surface area contributed by atoms with Crippen LogP contribution in [0.25, 0.3) is 0 Å². The van der Waals surface area contributed by atoms with E-state index in [2.05, 4.69) is 12.2 Å². The number of carbonyl (C=O) groups is 1. The van der Waals surface area contributed by atoms with Crippen LogP contribution in [0, 0.1) is 6.92 Å². The Balaban J connectivity index is 2.70. The van der Waals surface area contributed by atoms with Gasteiger partial charge >= 0.3 is 0 Å². The number of thioether (sulfide) groups is 1. The molecule has 0 saturated carbocycles. The van der Waals surface area contributed by atoms with E-state index < -0.39 is 0 Å². The summed E-state index contributed by atoms with van der Waals surface area (Å²) in [6.45, 7) is 6.02. The molecule has 1 amide bonds. The van der Waals surface area contributed by atoms with Crippen molar-refractivity contribution in [1.82, 2.24) is 5.32 Å². The van der Waals surface area contributed by atoms with E-state index in [-0.39, 0.29) is 11.9 Å². The third-order valence-electron chi connectivity index (χ3n) is 2.48. The van der Waals surface area contributed by atoms with E-state index in [4.69, 9.17) is 5.73 Å². The SMILES string of the molecule is CCSCC(C)NC(=O)c1c(C)cccc1N. The fourth-order valence-electron chi connectivity index (χ4n) is 1.63. The molecular weight excluding hydrogens is 232 g/mol. The first-order valence-corrected chi connectivity index (χ1v) is 6.95. The van der Waals surface area contributed by atoms with Gasteiger partial charge in [0.1, 0.15) is 0 Å². The Hall–Kier alpha value is -1.16. The molecule has 0 aliphatic carbocycles. The van der Waals surface area contributed by atoms with Crippen molar-refractivity contribution in [2.75, 3.05) is 17.2 Å². The lowest BCUT2D eigenvalue weighted by Gasteiger charge is -2.15. The number of nitrogens with one attached hydrogen (secondary N) is 1. The minimum atomic E-state index is -0.0789. The van der Waals surface area contributed by atoms with Gasteiger partial charge in [-0.15, -0.1) is 0 Å². The van der Waals surface area contributed by atoms with Gasteiger partial charge in [0.25, 0.3) is 5.91 Å². The zero-order chi connectivity index (χ0) is 12.8. The van der Waals surface area contributed by atoms with Crippen LogP contribution in [0.5, 0.6) is 0 Å². The van der Waals surface area contributed by atoms with Crippen LogP contribution in [0.1, 0.15) is 29.8 Å². The molecule has 0 aromatic heterocycles. The second-order valence-corrected chi connectivity index (χ2v) is 5.39. The summed E-state index contributed by atoms with van der Waals surface area (Å²) in [6, 6.07) is 5.67. The van der Waals surface area contributed by atoms with Gasteiger partial charge in [0, 0.05) is 17.5 Å². The number of rotatable bonds is 5. The first kappa shape index (κ1) is 13.9. The standard InChI is InChI=1S/C13H20N2OS/c1-4-17-8-10(3)15-13(16)12-9(2)6-5-7-11(12)14/h5-7,10H,4,8,14H2,1-3H3,(H,15,16). The van der Waals surface area contributed by atoms with Crippen LogP contribution >= 0.6 is 11.8 Å². The summed E-state index contributed by atoms with van der Waals surface area (Å²) in [5.74, 6) is 1.91. The first-order valence-electron chi connectivity index (χ1n) is 5.80. The van der Waals surface area contributed by atoms with Crippen molar-refractivity contribution in [1.29, 1.82) is 0 Å². The lowest BCUT2D eigenvalue weighted by atomic mass is 10.1. The summed E-state index contributed by atoms with van der Waals surface area (Å²) in [5, 5.41) is 2.97. The molecule has 1 atom stereocenters. The maximum atomic E-state index is 12.1. The fourth-order valence-corrected chi connectivity index (χ4v) is 2.31. The number of carbonyl (C=O) groups excluding carboxylic acids is 1. The van der Waals surface area contributed by atoms with Gasteiger partial charge in [-0.2, -0.15) is 11.8 Å². The number of hydrogen-bond donors (Lipinski definition) is 2. The van der Waals surface area contributed by atoms with Crippen molar-refractivity contribution in [2.45, 2.75) is 26.8 Å². The van der Waals surface area contributed by atoms with Gasteiger partial charge < -0.3 is 11.1 Å². The van der Waals surface area contributed by atoms with Crippen molar-refractivity contribution < 1.29 is 4.79 Å². The molecule has 0 radical (unpaired) electrons. The largest absolute Gasteiger partial charge is 0.398 e. The molecule has 4 heteroatoms. The monoisotopic (exact) mass is 252 g/mol. The maximum Gasteiger partial charge on any atom is 0.253 e. The maximum absolute atomic E-state index is 12.1. The summed E-state index contributed by atoms with van der Waals surface area (Å²) in [5.41, 5.74) is 7.88. The van der Waals surface area contributed by atoms with Crippen LogP contribution in [0.3, 0.4) is 0 Å². The quantitative estimate of drug-likeness (QED) is 0.791.